The van der Waals surface area contributed by atoms with Gasteiger partial charge in [0.2, 0.25) is 0 Å². The van der Waals surface area contributed by atoms with Crippen molar-refractivity contribution < 1.29 is 0 Å². The van der Waals surface area contributed by atoms with E-state index < -0.39 is 0 Å². The minimum absolute atomic E-state index is 1.22. The third-order valence-corrected chi connectivity index (χ3v) is 3.94. The van der Waals surface area contributed by atoms with E-state index in [0.717, 1.165) is 0 Å². The first kappa shape index (κ1) is 14.1. The maximum Gasteiger partial charge on any atom is -0.0149 e. The van der Waals surface area contributed by atoms with Gasteiger partial charge in [0, 0.05) is 0 Å². The predicted octanol–water partition coefficient (Wildman–Crippen LogP) is 5.92. The largest absolute Gasteiger partial charge is 0.0654 e. The summed E-state index contributed by atoms with van der Waals surface area (Å²) in [5.41, 5.74) is 3.17. The highest BCUT2D eigenvalue weighted by Gasteiger charge is 2.06. The molecule has 0 saturated carbocycles. The summed E-state index contributed by atoms with van der Waals surface area (Å²) in [5.74, 6) is 0. The Morgan fingerprint density at radius 1 is 0.737 bits per heavy atom. The fraction of sp³-hybridized carbons (Fsp3) is 0.474. The van der Waals surface area contributed by atoms with E-state index in [1.165, 1.54) is 55.7 Å². The molecule has 0 fully saturated rings. The van der Waals surface area contributed by atoms with Gasteiger partial charge >= 0.3 is 0 Å². The van der Waals surface area contributed by atoms with Crippen molar-refractivity contribution in [3.63, 3.8) is 0 Å². The van der Waals surface area contributed by atoms with Crippen molar-refractivity contribution in [3.05, 3.63) is 47.5 Å². The molecule has 0 unspecified atom stereocenters. The third kappa shape index (κ3) is 3.59. The Morgan fingerprint density at radius 3 is 2.37 bits per heavy atom. The van der Waals surface area contributed by atoms with Gasteiger partial charge in [0.15, 0.2) is 0 Å². The van der Waals surface area contributed by atoms with Crippen molar-refractivity contribution in [1.29, 1.82) is 0 Å². The van der Waals surface area contributed by atoms with Crippen molar-refractivity contribution in [1.82, 2.24) is 0 Å². The summed E-state index contributed by atoms with van der Waals surface area (Å²) in [6.07, 6.45) is 9.08. The van der Waals surface area contributed by atoms with Crippen LogP contribution >= 0.6 is 0 Å². The van der Waals surface area contributed by atoms with Gasteiger partial charge in [-0.25, -0.2) is 0 Å². The van der Waals surface area contributed by atoms with Gasteiger partial charge in [0.1, 0.15) is 0 Å². The Hall–Kier alpha value is -1.30. The molecule has 0 aliphatic carbocycles. The molecular formula is C19H26. The van der Waals surface area contributed by atoms with Crippen LogP contribution in [0.15, 0.2) is 36.4 Å². The minimum atomic E-state index is 1.22. The molecule has 0 aliphatic heterocycles. The van der Waals surface area contributed by atoms with Gasteiger partial charge in [0.05, 0.1) is 0 Å². The number of benzene rings is 2. The number of unbranched alkanes of at least 4 members (excludes halogenated alkanes) is 3. The van der Waals surface area contributed by atoms with Crippen LogP contribution in [0.3, 0.4) is 0 Å². The smallest absolute Gasteiger partial charge is 0.0149 e. The first-order valence-electron chi connectivity index (χ1n) is 7.86. The quantitative estimate of drug-likeness (QED) is 0.538. The van der Waals surface area contributed by atoms with Gasteiger partial charge < -0.3 is 0 Å². The van der Waals surface area contributed by atoms with E-state index >= 15 is 0 Å². The zero-order valence-corrected chi connectivity index (χ0v) is 12.4. The summed E-state index contributed by atoms with van der Waals surface area (Å²) < 4.78 is 0. The first-order chi connectivity index (χ1) is 9.36. The Morgan fingerprint density at radius 2 is 1.58 bits per heavy atom. The lowest BCUT2D eigenvalue weighted by Gasteiger charge is -2.13. The Kier molecular flexibility index (Phi) is 5.44. The predicted molar refractivity (Wildman–Crippen MR) is 85.8 cm³/mol. The standard InChI is InChI=1S/C19H26/c1-3-5-6-7-12-18-16(10-4-2)14-15-17-11-8-9-13-19(17)18/h8-9,11,13-15H,3-7,10,12H2,1-2H3. The van der Waals surface area contributed by atoms with Gasteiger partial charge in [-0.3, -0.25) is 0 Å². The molecule has 0 atom stereocenters. The molecule has 2 aromatic carbocycles. The molecule has 0 bridgehead atoms. The van der Waals surface area contributed by atoms with Gasteiger partial charge in [-0.05, 0) is 41.2 Å². The van der Waals surface area contributed by atoms with Crippen LogP contribution in [0.2, 0.25) is 0 Å². The number of aryl methyl sites for hydroxylation is 2. The van der Waals surface area contributed by atoms with E-state index in [-0.39, 0.29) is 0 Å². The number of fused-ring (bicyclic) bond motifs is 1. The Labute approximate surface area is 117 Å². The van der Waals surface area contributed by atoms with Crippen molar-refractivity contribution in [2.45, 2.75) is 58.8 Å². The van der Waals surface area contributed by atoms with Gasteiger partial charge in [0.25, 0.3) is 0 Å². The summed E-state index contributed by atoms with van der Waals surface area (Å²) in [7, 11) is 0. The molecule has 0 heteroatoms. The lowest BCUT2D eigenvalue weighted by Crippen LogP contribution is -1.96. The molecule has 0 radical (unpaired) electrons. The molecule has 2 rings (SSSR count). The van der Waals surface area contributed by atoms with Crippen LogP contribution < -0.4 is 0 Å². The van der Waals surface area contributed by atoms with Crippen LogP contribution in [0.1, 0.15) is 57.1 Å². The zero-order valence-electron chi connectivity index (χ0n) is 12.4. The molecule has 0 saturated heterocycles. The summed E-state index contributed by atoms with van der Waals surface area (Å²) in [6.45, 7) is 4.55. The average molecular weight is 254 g/mol. The number of hydrogen-bond donors (Lipinski definition) is 0. The van der Waals surface area contributed by atoms with Crippen LogP contribution in [0, 0.1) is 0 Å². The average Bonchev–Trinajstić information content (AvgIpc) is 2.45. The second kappa shape index (κ2) is 7.33. The van der Waals surface area contributed by atoms with Crippen LogP contribution in [-0.4, -0.2) is 0 Å². The maximum absolute atomic E-state index is 2.35. The van der Waals surface area contributed by atoms with Crippen molar-refractivity contribution in [2.24, 2.45) is 0 Å². The van der Waals surface area contributed by atoms with E-state index in [1.54, 1.807) is 11.1 Å². The SMILES string of the molecule is CCCCCCc1c(CCC)ccc2ccccc12. The van der Waals surface area contributed by atoms with Crippen molar-refractivity contribution in [2.75, 3.05) is 0 Å². The third-order valence-electron chi connectivity index (χ3n) is 3.94. The first-order valence-corrected chi connectivity index (χ1v) is 7.86. The summed E-state index contributed by atoms with van der Waals surface area (Å²) in [4.78, 5) is 0. The van der Waals surface area contributed by atoms with Crippen molar-refractivity contribution >= 4 is 10.8 Å². The van der Waals surface area contributed by atoms with Crippen LogP contribution in [0.4, 0.5) is 0 Å². The molecule has 2 aromatic rings. The molecule has 0 aliphatic rings. The van der Waals surface area contributed by atoms with Gasteiger partial charge in [-0.1, -0.05) is 75.9 Å². The fourth-order valence-electron chi connectivity index (χ4n) is 2.91. The molecule has 19 heavy (non-hydrogen) atoms. The van der Waals surface area contributed by atoms with Crippen LogP contribution in [0.5, 0.6) is 0 Å². The van der Waals surface area contributed by atoms with E-state index in [1.807, 2.05) is 0 Å². The molecule has 0 amide bonds. The molecule has 0 N–H and O–H groups in total. The normalized spacial score (nSPS) is 11.1. The second-order valence-corrected chi connectivity index (χ2v) is 5.49. The summed E-state index contributed by atoms with van der Waals surface area (Å²) >= 11 is 0. The number of hydrogen-bond acceptors (Lipinski definition) is 0. The molecule has 0 spiro atoms. The van der Waals surface area contributed by atoms with Gasteiger partial charge in [-0.2, -0.15) is 0 Å². The summed E-state index contributed by atoms with van der Waals surface area (Å²) in [5, 5.41) is 2.87. The highest BCUT2D eigenvalue weighted by Crippen LogP contribution is 2.25. The lowest BCUT2D eigenvalue weighted by molar-refractivity contribution is 0.665. The van der Waals surface area contributed by atoms with Crippen LogP contribution in [-0.2, 0) is 12.8 Å². The van der Waals surface area contributed by atoms with E-state index in [2.05, 4.69) is 50.2 Å². The summed E-state index contributed by atoms with van der Waals surface area (Å²) in [6, 6.07) is 13.5. The Balaban J connectivity index is 2.27. The van der Waals surface area contributed by atoms with E-state index in [4.69, 9.17) is 0 Å². The van der Waals surface area contributed by atoms with E-state index in [0.29, 0.717) is 0 Å². The zero-order chi connectivity index (χ0) is 13.5. The minimum Gasteiger partial charge on any atom is -0.0654 e. The van der Waals surface area contributed by atoms with E-state index in [9.17, 15) is 0 Å². The highest BCUT2D eigenvalue weighted by atomic mass is 14.1. The topological polar surface area (TPSA) is 0 Å². The lowest BCUT2D eigenvalue weighted by atomic mass is 9.92. The maximum atomic E-state index is 2.35. The van der Waals surface area contributed by atoms with Gasteiger partial charge in [-0.15, -0.1) is 0 Å². The fourth-order valence-corrected chi connectivity index (χ4v) is 2.91. The van der Waals surface area contributed by atoms with Crippen molar-refractivity contribution in [3.8, 4) is 0 Å². The monoisotopic (exact) mass is 254 g/mol. The Bertz CT molecular complexity index is 510. The second-order valence-electron chi connectivity index (χ2n) is 5.49. The molecule has 0 aromatic heterocycles. The molecule has 0 heterocycles. The molecule has 0 nitrogen and oxygen atoms in total. The highest BCUT2D eigenvalue weighted by molar-refractivity contribution is 5.86. The number of rotatable bonds is 7. The molecular weight excluding hydrogens is 228 g/mol. The molecule has 102 valence electrons. The van der Waals surface area contributed by atoms with Crippen LogP contribution in [0.25, 0.3) is 10.8 Å².